The number of carboxylic acid groups (broad SMARTS) is 1. The zero-order valence-corrected chi connectivity index (χ0v) is 9.51. The van der Waals surface area contributed by atoms with Crippen molar-refractivity contribution in [3.05, 3.63) is 23.8 Å². The maximum atomic E-state index is 11.8. The fourth-order valence-electron chi connectivity index (χ4n) is 1.72. The van der Waals surface area contributed by atoms with E-state index in [4.69, 9.17) is 5.11 Å². The quantitative estimate of drug-likeness (QED) is 0.630. The molecular weight excluding hydrogens is 238 g/mol. The topological polar surface area (TPSA) is 107 Å². The van der Waals surface area contributed by atoms with E-state index in [1.165, 1.54) is 18.2 Å². The highest BCUT2D eigenvalue weighted by Gasteiger charge is 2.50. The summed E-state index contributed by atoms with van der Waals surface area (Å²) in [4.78, 5) is 22.7. The normalized spacial score (nSPS) is 16.0. The number of nitrogens with one attached hydrogen (secondary N) is 1. The van der Waals surface area contributed by atoms with Crippen LogP contribution in [0.4, 0.5) is 0 Å². The van der Waals surface area contributed by atoms with Gasteiger partial charge in [0, 0.05) is 6.54 Å². The van der Waals surface area contributed by atoms with Crippen molar-refractivity contribution in [2.75, 3.05) is 6.54 Å². The second-order valence-electron chi connectivity index (χ2n) is 4.44. The highest BCUT2D eigenvalue weighted by atomic mass is 16.4. The first-order valence-electron chi connectivity index (χ1n) is 5.49. The number of phenols is 2. The lowest BCUT2D eigenvalue weighted by Gasteiger charge is -2.12. The Bertz CT molecular complexity index is 487. The van der Waals surface area contributed by atoms with E-state index >= 15 is 0 Å². The molecule has 0 spiro atoms. The van der Waals surface area contributed by atoms with E-state index in [2.05, 4.69) is 5.32 Å². The second kappa shape index (κ2) is 4.21. The van der Waals surface area contributed by atoms with Crippen molar-refractivity contribution in [2.24, 2.45) is 5.41 Å². The third-order valence-electron chi connectivity index (χ3n) is 3.14. The molecule has 1 aliphatic rings. The van der Waals surface area contributed by atoms with Crippen LogP contribution in [0.2, 0.25) is 0 Å². The number of benzene rings is 1. The molecule has 0 saturated heterocycles. The summed E-state index contributed by atoms with van der Waals surface area (Å²) in [5, 5.41) is 30.3. The number of carbonyl (C=O) groups is 2. The first-order valence-corrected chi connectivity index (χ1v) is 5.49. The highest BCUT2D eigenvalue weighted by Crippen LogP contribution is 2.45. The number of aromatic hydroxyl groups is 2. The van der Waals surface area contributed by atoms with Crippen LogP contribution in [0.25, 0.3) is 0 Å². The van der Waals surface area contributed by atoms with Crippen LogP contribution in [-0.2, 0) is 4.79 Å². The van der Waals surface area contributed by atoms with E-state index in [0.29, 0.717) is 12.8 Å². The number of carboxylic acids is 1. The largest absolute Gasteiger partial charge is 0.507 e. The molecule has 0 radical (unpaired) electrons. The molecule has 1 saturated carbocycles. The molecule has 1 aromatic carbocycles. The van der Waals surface area contributed by atoms with Gasteiger partial charge in [0.2, 0.25) is 0 Å². The Morgan fingerprint density at radius 2 is 1.78 bits per heavy atom. The summed E-state index contributed by atoms with van der Waals surface area (Å²) in [6, 6.07) is 3.96. The number of rotatable bonds is 4. The zero-order chi connectivity index (χ0) is 13.3. The van der Waals surface area contributed by atoms with Crippen molar-refractivity contribution in [1.82, 2.24) is 5.32 Å². The molecule has 0 aromatic heterocycles. The van der Waals surface area contributed by atoms with Gasteiger partial charge in [-0.3, -0.25) is 9.59 Å². The van der Waals surface area contributed by atoms with E-state index in [9.17, 15) is 19.8 Å². The molecule has 1 amide bonds. The standard InChI is InChI=1S/C12H13NO5/c14-7-2-1-3-8(15)9(7)10(16)13-6-12(4-5-12)11(17)18/h1-3,14-15H,4-6H2,(H,13,16)(H,17,18). The van der Waals surface area contributed by atoms with Crippen LogP contribution in [0.1, 0.15) is 23.2 Å². The van der Waals surface area contributed by atoms with E-state index in [0.717, 1.165) is 0 Å². The van der Waals surface area contributed by atoms with E-state index in [1.54, 1.807) is 0 Å². The predicted molar refractivity (Wildman–Crippen MR) is 61.4 cm³/mol. The lowest BCUT2D eigenvalue weighted by molar-refractivity contribution is -0.143. The fraction of sp³-hybridized carbons (Fsp3) is 0.333. The fourth-order valence-corrected chi connectivity index (χ4v) is 1.72. The molecule has 0 heterocycles. The van der Waals surface area contributed by atoms with Crippen molar-refractivity contribution in [2.45, 2.75) is 12.8 Å². The van der Waals surface area contributed by atoms with Crippen molar-refractivity contribution < 1.29 is 24.9 Å². The van der Waals surface area contributed by atoms with Gasteiger partial charge < -0.3 is 20.6 Å². The zero-order valence-electron chi connectivity index (χ0n) is 9.51. The minimum Gasteiger partial charge on any atom is -0.507 e. The second-order valence-corrected chi connectivity index (χ2v) is 4.44. The van der Waals surface area contributed by atoms with Gasteiger partial charge in [-0.1, -0.05) is 6.07 Å². The maximum absolute atomic E-state index is 11.8. The molecule has 0 atom stereocenters. The first kappa shape index (κ1) is 12.2. The predicted octanol–water partition coefficient (Wildman–Crippen LogP) is 0.692. The molecule has 4 N–H and O–H groups in total. The average molecular weight is 251 g/mol. The smallest absolute Gasteiger partial charge is 0.311 e. The van der Waals surface area contributed by atoms with Crippen LogP contribution < -0.4 is 5.32 Å². The van der Waals surface area contributed by atoms with E-state index in [-0.39, 0.29) is 23.6 Å². The molecule has 6 heteroatoms. The van der Waals surface area contributed by atoms with Gasteiger partial charge in [0.25, 0.3) is 5.91 Å². The van der Waals surface area contributed by atoms with Gasteiger partial charge in [0.1, 0.15) is 17.1 Å². The number of hydrogen-bond donors (Lipinski definition) is 4. The van der Waals surface area contributed by atoms with Crippen molar-refractivity contribution in [1.29, 1.82) is 0 Å². The molecule has 1 fully saturated rings. The summed E-state index contributed by atoms with van der Waals surface area (Å²) in [6.45, 7) is -0.00502. The third-order valence-corrected chi connectivity index (χ3v) is 3.14. The Morgan fingerprint density at radius 1 is 1.22 bits per heavy atom. The first-order chi connectivity index (χ1) is 8.46. The molecule has 18 heavy (non-hydrogen) atoms. The van der Waals surface area contributed by atoms with Crippen LogP contribution >= 0.6 is 0 Å². The van der Waals surface area contributed by atoms with E-state index in [1.807, 2.05) is 0 Å². The molecule has 1 aromatic rings. The van der Waals surface area contributed by atoms with Crippen molar-refractivity contribution >= 4 is 11.9 Å². The van der Waals surface area contributed by atoms with Crippen molar-refractivity contribution in [3.63, 3.8) is 0 Å². The number of amides is 1. The van der Waals surface area contributed by atoms with Gasteiger partial charge in [0.05, 0.1) is 5.41 Å². The van der Waals surface area contributed by atoms with E-state index < -0.39 is 17.3 Å². The third kappa shape index (κ3) is 2.09. The summed E-state index contributed by atoms with van der Waals surface area (Å²) >= 11 is 0. The van der Waals surface area contributed by atoms with Crippen LogP contribution in [0.15, 0.2) is 18.2 Å². The van der Waals surface area contributed by atoms with Gasteiger partial charge in [-0.15, -0.1) is 0 Å². The molecule has 0 aliphatic heterocycles. The molecule has 96 valence electrons. The molecule has 6 nitrogen and oxygen atoms in total. The highest BCUT2D eigenvalue weighted by molar-refractivity contribution is 5.99. The lowest BCUT2D eigenvalue weighted by Crippen LogP contribution is -2.34. The summed E-state index contributed by atoms with van der Waals surface area (Å²) in [6.07, 6.45) is 1.05. The number of aliphatic carboxylic acids is 1. The number of carbonyl (C=O) groups excluding carboxylic acids is 1. The minimum atomic E-state index is -0.940. The molecular formula is C12H13NO5. The summed E-state index contributed by atoms with van der Waals surface area (Å²) < 4.78 is 0. The lowest BCUT2D eigenvalue weighted by atomic mass is 10.1. The Morgan fingerprint density at radius 3 is 2.22 bits per heavy atom. The Kier molecular flexibility index (Phi) is 2.86. The Hall–Kier alpha value is -2.24. The van der Waals surface area contributed by atoms with Crippen molar-refractivity contribution in [3.8, 4) is 11.5 Å². The van der Waals surface area contributed by atoms with Gasteiger partial charge >= 0.3 is 5.97 Å². The summed E-state index contributed by atoms with van der Waals surface area (Å²) in [7, 11) is 0. The summed E-state index contributed by atoms with van der Waals surface area (Å²) in [5.41, 5.74) is -1.12. The maximum Gasteiger partial charge on any atom is 0.311 e. The minimum absolute atomic E-state index is 0.00502. The van der Waals surface area contributed by atoms with Gasteiger partial charge in [-0.25, -0.2) is 0 Å². The Balaban J connectivity index is 2.07. The molecule has 0 unspecified atom stereocenters. The number of phenolic OH excluding ortho intramolecular Hbond substituents is 2. The average Bonchev–Trinajstić information content (AvgIpc) is 3.07. The van der Waals surface area contributed by atoms with Crippen LogP contribution in [0.3, 0.4) is 0 Å². The number of hydrogen-bond acceptors (Lipinski definition) is 4. The monoisotopic (exact) mass is 251 g/mol. The molecule has 0 bridgehead atoms. The summed E-state index contributed by atoms with van der Waals surface area (Å²) in [5.74, 6) is -2.30. The van der Waals surface area contributed by atoms with Gasteiger partial charge in [-0.05, 0) is 25.0 Å². The molecule has 2 rings (SSSR count). The van der Waals surface area contributed by atoms with Crippen LogP contribution in [-0.4, -0.2) is 33.7 Å². The van der Waals surface area contributed by atoms with Gasteiger partial charge in [0.15, 0.2) is 0 Å². The molecule has 1 aliphatic carbocycles. The SMILES string of the molecule is O=C(NCC1(C(=O)O)CC1)c1c(O)cccc1O. The van der Waals surface area contributed by atoms with Gasteiger partial charge in [-0.2, -0.15) is 0 Å². The van der Waals surface area contributed by atoms with Crippen LogP contribution in [0, 0.1) is 5.41 Å². The Labute approximate surface area is 103 Å². The van der Waals surface area contributed by atoms with Crippen LogP contribution in [0.5, 0.6) is 11.5 Å².